The van der Waals surface area contributed by atoms with Gasteiger partial charge in [0.2, 0.25) is 0 Å². The molecule has 0 fully saturated rings. The molecule has 1 heterocycles. The van der Waals surface area contributed by atoms with Gasteiger partial charge in [-0.25, -0.2) is 4.98 Å². The highest BCUT2D eigenvalue weighted by molar-refractivity contribution is 7.09. The van der Waals surface area contributed by atoms with Crippen molar-refractivity contribution in [2.75, 3.05) is 0 Å². The molecule has 0 unspecified atom stereocenters. The van der Waals surface area contributed by atoms with E-state index in [1.807, 2.05) is 13.8 Å². The molecular formula is C24H41NO2SSi. The van der Waals surface area contributed by atoms with Crippen LogP contribution in [0.1, 0.15) is 77.9 Å². The molecule has 2 atom stereocenters. The Morgan fingerprint density at radius 3 is 2.48 bits per heavy atom. The van der Waals surface area contributed by atoms with E-state index in [9.17, 15) is 4.79 Å². The van der Waals surface area contributed by atoms with E-state index in [1.165, 1.54) is 11.1 Å². The lowest BCUT2D eigenvalue weighted by molar-refractivity contribution is -0.110. The molecule has 1 aromatic rings. The second-order valence-electron chi connectivity index (χ2n) is 9.84. The summed E-state index contributed by atoms with van der Waals surface area (Å²) in [4.78, 5) is 15.4. The number of aldehydes is 1. The lowest BCUT2D eigenvalue weighted by atomic mass is 10.0. The van der Waals surface area contributed by atoms with Crippen LogP contribution in [0.15, 0.2) is 22.6 Å². The third kappa shape index (κ3) is 9.10. The van der Waals surface area contributed by atoms with Crippen molar-refractivity contribution in [2.24, 2.45) is 5.92 Å². The number of aromatic nitrogens is 1. The Balaban J connectivity index is 2.94. The summed E-state index contributed by atoms with van der Waals surface area (Å²) in [5, 5.41) is 3.37. The fraction of sp³-hybridized carbons (Fsp3) is 0.667. The molecule has 29 heavy (non-hydrogen) atoms. The van der Waals surface area contributed by atoms with Crippen molar-refractivity contribution in [1.29, 1.82) is 0 Å². The summed E-state index contributed by atoms with van der Waals surface area (Å²) < 4.78 is 6.81. The third-order valence-electron chi connectivity index (χ3n) is 5.91. The Bertz CT molecular complexity index is 713. The van der Waals surface area contributed by atoms with Crippen molar-refractivity contribution in [3.05, 3.63) is 33.3 Å². The molecule has 0 saturated heterocycles. The van der Waals surface area contributed by atoms with Crippen LogP contribution in [0.3, 0.4) is 0 Å². The molecule has 0 aliphatic rings. The van der Waals surface area contributed by atoms with E-state index in [0.29, 0.717) is 0 Å². The van der Waals surface area contributed by atoms with Crippen LogP contribution in [0.2, 0.25) is 18.1 Å². The quantitative estimate of drug-likeness (QED) is 0.204. The van der Waals surface area contributed by atoms with Crippen LogP contribution in [0, 0.1) is 12.8 Å². The van der Waals surface area contributed by atoms with E-state index < -0.39 is 8.32 Å². The summed E-state index contributed by atoms with van der Waals surface area (Å²) in [7, 11) is -1.89. The first kappa shape index (κ1) is 26.0. The topological polar surface area (TPSA) is 39.2 Å². The zero-order chi connectivity index (χ0) is 22.2. The van der Waals surface area contributed by atoms with Crippen LogP contribution in [-0.4, -0.2) is 25.7 Å². The highest BCUT2D eigenvalue weighted by Gasteiger charge is 2.39. The first-order valence-electron chi connectivity index (χ1n) is 10.7. The lowest BCUT2D eigenvalue weighted by Gasteiger charge is -2.39. The SMILES string of the molecule is CC(=CC[C@H](O[Si](C)(C)C(C)(C)C)C(C)=Cc1csc(C)n1)CCC[C@H](C)C=O. The highest BCUT2D eigenvalue weighted by Crippen LogP contribution is 2.38. The van der Waals surface area contributed by atoms with Gasteiger partial charge in [0.1, 0.15) is 6.29 Å². The standard InChI is InChI=1S/C24H41NO2SSi/c1-18(11-10-12-19(2)16-26)13-14-23(27-29(8,9)24(5,6)7)20(3)15-22-17-28-21(4)25-22/h13,15-17,19,23H,10-12,14H2,1-9H3/t19-,23-/m0/s1. The van der Waals surface area contributed by atoms with Gasteiger partial charge in [-0.1, -0.05) is 39.3 Å². The lowest BCUT2D eigenvalue weighted by Crippen LogP contribution is -2.44. The highest BCUT2D eigenvalue weighted by atomic mass is 32.1. The zero-order valence-corrected chi connectivity index (χ0v) is 21.8. The third-order valence-corrected chi connectivity index (χ3v) is 11.2. The van der Waals surface area contributed by atoms with E-state index in [4.69, 9.17) is 4.43 Å². The monoisotopic (exact) mass is 435 g/mol. The molecular weight excluding hydrogens is 394 g/mol. The minimum absolute atomic E-state index is 0.0711. The normalized spacial score (nSPS) is 16.0. The molecule has 0 aromatic carbocycles. The van der Waals surface area contributed by atoms with Crippen molar-refractivity contribution < 1.29 is 9.22 Å². The molecule has 0 spiro atoms. The Hall–Kier alpha value is -1.04. The number of nitrogens with zero attached hydrogens (tertiary/aromatic N) is 1. The largest absolute Gasteiger partial charge is 0.410 e. The van der Waals surface area contributed by atoms with Gasteiger partial charge in [-0.15, -0.1) is 11.3 Å². The molecule has 164 valence electrons. The van der Waals surface area contributed by atoms with Gasteiger partial charge in [-0.05, 0) is 76.2 Å². The van der Waals surface area contributed by atoms with E-state index in [2.05, 4.69) is 70.2 Å². The van der Waals surface area contributed by atoms with E-state index in [-0.39, 0.29) is 17.1 Å². The van der Waals surface area contributed by atoms with Crippen LogP contribution >= 0.6 is 11.3 Å². The second kappa shape index (κ2) is 11.4. The summed E-state index contributed by atoms with van der Waals surface area (Å²) in [5.41, 5.74) is 3.64. The summed E-state index contributed by atoms with van der Waals surface area (Å²) in [6.07, 6.45) is 9.57. The molecule has 0 aliphatic carbocycles. The van der Waals surface area contributed by atoms with Gasteiger partial charge in [-0.3, -0.25) is 0 Å². The van der Waals surface area contributed by atoms with Crippen LogP contribution < -0.4 is 0 Å². The molecule has 3 nitrogen and oxygen atoms in total. The summed E-state index contributed by atoms with van der Waals surface area (Å²) in [5.74, 6) is 0.157. The Morgan fingerprint density at radius 1 is 1.31 bits per heavy atom. The molecule has 0 aliphatic heterocycles. The van der Waals surface area contributed by atoms with Crippen molar-refractivity contribution in [2.45, 2.75) is 98.4 Å². The van der Waals surface area contributed by atoms with E-state index >= 15 is 0 Å². The van der Waals surface area contributed by atoms with Gasteiger partial charge in [0.05, 0.1) is 16.8 Å². The van der Waals surface area contributed by atoms with Crippen molar-refractivity contribution >= 4 is 32.0 Å². The number of hydrogen-bond donors (Lipinski definition) is 0. The Labute approximate surface area is 183 Å². The molecule has 1 aromatic heterocycles. The number of thiazole rings is 1. The maximum absolute atomic E-state index is 10.8. The summed E-state index contributed by atoms with van der Waals surface area (Å²) in [6, 6.07) is 0. The maximum atomic E-state index is 10.8. The zero-order valence-electron chi connectivity index (χ0n) is 20.0. The first-order valence-corrected chi connectivity index (χ1v) is 14.5. The number of carbonyl (C=O) groups is 1. The van der Waals surface area contributed by atoms with Gasteiger partial charge in [0.25, 0.3) is 0 Å². The predicted octanol–water partition coefficient (Wildman–Crippen LogP) is 7.59. The predicted molar refractivity (Wildman–Crippen MR) is 130 cm³/mol. The van der Waals surface area contributed by atoms with Crippen LogP contribution in [0.4, 0.5) is 0 Å². The fourth-order valence-electron chi connectivity index (χ4n) is 2.81. The Morgan fingerprint density at radius 2 is 1.97 bits per heavy atom. The molecule has 0 saturated carbocycles. The number of carbonyl (C=O) groups excluding carboxylic acids is 1. The van der Waals surface area contributed by atoms with E-state index in [0.717, 1.165) is 42.7 Å². The average Bonchev–Trinajstić information content (AvgIpc) is 3.01. The van der Waals surface area contributed by atoms with Gasteiger partial charge in [0.15, 0.2) is 8.32 Å². The van der Waals surface area contributed by atoms with E-state index in [1.54, 1.807) is 11.3 Å². The average molecular weight is 436 g/mol. The van der Waals surface area contributed by atoms with Gasteiger partial charge in [-0.2, -0.15) is 0 Å². The number of allylic oxidation sites excluding steroid dienone is 1. The number of hydrogen-bond acceptors (Lipinski definition) is 4. The number of aryl methyl sites for hydroxylation is 1. The Kier molecular flexibility index (Phi) is 10.2. The summed E-state index contributed by atoms with van der Waals surface area (Å²) in [6.45, 7) is 19.9. The van der Waals surface area contributed by atoms with Gasteiger partial charge >= 0.3 is 0 Å². The molecule has 0 amide bonds. The van der Waals surface area contributed by atoms with Gasteiger partial charge in [0, 0.05) is 11.3 Å². The maximum Gasteiger partial charge on any atom is 0.192 e. The fourth-order valence-corrected chi connectivity index (χ4v) is 4.73. The summed E-state index contributed by atoms with van der Waals surface area (Å²) >= 11 is 1.68. The van der Waals surface area contributed by atoms with Crippen LogP contribution in [0.25, 0.3) is 6.08 Å². The minimum atomic E-state index is -1.89. The number of rotatable bonds is 11. The van der Waals surface area contributed by atoms with Crippen molar-refractivity contribution in [1.82, 2.24) is 4.98 Å². The molecule has 1 rings (SSSR count). The van der Waals surface area contributed by atoms with Crippen LogP contribution in [0.5, 0.6) is 0 Å². The van der Waals surface area contributed by atoms with Crippen LogP contribution in [-0.2, 0) is 9.22 Å². The molecule has 0 N–H and O–H groups in total. The molecule has 0 radical (unpaired) electrons. The molecule has 0 bridgehead atoms. The van der Waals surface area contributed by atoms with Gasteiger partial charge < -0.3 is 9.22 Å². The second-order valence-corrected chi connectivity index (χ2v) is 15.7. The molecule has 5 heteroatoms. The minimum Gasteiger partial charge on any atom is -0.410 e. The first-order chi connectivity index (χ1) is 13.4. The van der Waals surface area contributed by atoms with Crippen molar-refractivity contribution in [3.8, 4) is 0 Å². The smallest absolute Gasteiger partial charge is 0.192 e. The van der Waals surface area contributed by atoms with Crippen molar-refractivity contribution in [3.63, 3.8) is 0 Å².